The summed E-state index contributed by atoms with van der Waals surface area (Å²) in [6, 6.07) is 6.86. The molecule has 0 aromatic heterocycles. The van der Waals surface area contributed by atoms with E-state index in [1.807, 2.05) is 0 Å². The molecule has 1 saturated carbocycles. The van der Waals surface area contributed by atoms with Crippen LogP contribution in [0.15, 0.2) is 18.2 Å². The smallest absolute Gasteiger partial charge is 0.123 e. The van der Waals surface area contributed by atoms with Crippen LogP contribution < -0.4 is 4.74 Å². The van der Waals surface area contributed by atoms with E-state index in [0.717, 1.165) is 5.75 Å². The van der Waals surface area contributed by atoms with Crippen molar-refractivity contribution in [2.24, 2.45) is 11.3 Å². The van der Waals surface area contributed by atoms with E-state index in [0.29, 0.717) is 17.3 Å². The zero-order valence-corrected chi connectivity index (χ0v) is 14.3. The SMILES string of the molecule is CC(C)c1ccc2c(c1)CC[C@H]1C(C)(C)CCC[C@@]1(C)O2. The van der Waals surface area contributed by atoms with Gasteiger partial charge in [-0.2, -0.15) is 0 Å². The summed E-state index contributed by atoms with van der Waals surface area (Å²) in [5.41, 5.74) is 3.28. The fraction of sp³-hybridized carbons (Fsp3) is 0.700. The maximum absolute atomic E-state index is 6.62. The van der Waals surface area contributed by atoms with Crippen LogP contribution in [0.3, 0.4) is 0 Å². The molecule has 0 radical (unpaired) electrons. The number of benzene rings is 1. The fourth-order valence-electron chi connectivity index (χ4n) is 4.69. The largest absolute Gasteiger partial charge is 0.487 e. The average molecular weight is 286 g/mol. The third kappa shape index (κ3) is 2.60. The standard InChI is InChI=1S/C20H30O/c1-14(2)15-7-9-17-16(13-15)8-10-18-19(3,4)11-6-12-20(18,5)21-17/h7,9,13-14,18H,6,8,10-12H2,1-5H3/t18-,20+/m0/s1. The lowest BCUT2D eigenvalue weighted by atomic mass is 9.60. The fourth-order valence-corrected chi connectivity index (χ4v) is 4.69. The predicted octanol–water partition coefficient (Wildman–Crippen LogP) is 5.72. The van der Waals surface area contributed by atoms with Gasteiger partial charge in [0, 0.05) is 5.92 Å². The molecule has 1 heteroatoms. The molecule has 1 aliphatic carbocycles. The summed E-state index contributed by atoms with van der Waals surface area (Å²) in [5, 5.41) is 0. The highest BCUT2D eigenvalue weighted by Crippen LogP contribution is 2.52. The van der Waals surface area contributed by atoms with Crippen molar-refractivity contribution < 1.29 is 4.74 Å². The second-order valence-corrected chi connectivity index (χ2v) is 8.37. The lowest BCUT2D eigenvalue weighted by Crippen LogP contribution is -2.50. The summed E-state index contributed by atoms with van der Waals surface area (Å²) in [5.74, 6) is 2.39. The lowest BCUT2D eigenvalue weighted by Gasteiger charge is -2.49. The summed E-state index contributed by atoms with van der Waals surface area (Å²) in [7, 11) is 0. The maximum atomic E-state index is 6.62. The summed E-state index contributed by atoms with van der Waals surface area (Å²) in [6.45, 7) is 11.8. The van der Waals surface area contributed by atoms with E-state index in [4.69, 9.17) is 4.74 Å². The molecule has 1 aliphatic heterocycles. The first-order valence-electron chi connectivity index (χ1n) is 8.64. The van der Waals surface area contributed by atoms with Crippen LogP contribution in [0.5, 0.6) is 5.75 Å². The Bertz CT molecular complexity index is 529. The van der Waals surface area contributed by atoms with Gasteiger partial charge in [0.25, 0.3) is 0 Å². The number of rotatable bonds is 1. The van der Waals surface area contributed by atoms with Gasteiger partial charge < -0.3 is 4.74 Å². The van der Waals surface area contributed by atoms with E-state index >= 15 is 0 Å². The molecule has 116 valence electrons. The van der Waals surface area contributed by atoms with Crippen LogP contribution in [0, 0.1) is 11.3 Å². The molecule has 3 rings (SSSR count). The molecule has 0 amide bonds. The second kappa shape index (κ2) is 5.04. The van der Waals surface area contributed by atoms with Crippen molar-refractivity contribution in [3.8, 4) is 5.75 Å². The van der Waals surface area contributed by atoms with E-state index in [2.05, 4.69) is 52.8 Å². The van der Waals surface area contributed by atoms with Crippen molar-refractivity contribution in [3.63, 3.8) is 0 Å². The van der Waals surface area contributed by atoms with E-state index in [-0.39, 0.29) is 5.60 Å². The van der Waals surface area contributed by atoms with Gasteiger partial charge in [-0.25, -0.2) is 0 Å². The van der Waals surface area contributed by atoms with Gasteiger partial charge in [-0.05, 0) is 67.6 Å². The number of ether oxygens (including phenoxy) is 1. The Hall–Kier alpha value is -0.980. The lowest BCUT2D eigenvalue weighted by molar-refractivity contribution is -0.0681. The zero-order chi connectivity index (χ0) is 15.3. The molecule has 1 heterocycles. The normalized spacial score (nSPS) is 31.0. The highest BCUT2D eigenvalue weighted by Gasteiger charge is 2.49. The molecular formula is C20H30O. The number of fused-ring (bicyclic) bond motifs is 2. The van der Waals surface area contributed by atoms with Crippen molar-refractivity contribution in [1.82, 2.24) is 0 Å². The molecule has 1 aromatic rings. The Morgan fingerprint density at radius 1 is 1.14 bits per heavy atom. The van der Waals surface area contributed by atoms with Gasteiger partial charge in [0.2, 0.25) is 0 Å². The van der Waals surface area contributed by atoms with Crippen LogP contribution in [0.2, 0.25) is 0 Å². The highest BCUT2D eigenvalue weighted by molar-refractivity contribution is 5.40. The van der Waals surface area contributed by atoms with Gasteiger partial charge in [-0.3, -0.25) is 0 Å². The molecule has 0 unspecified atom stereocenters. The Labute approximate surface area is 130 Å². The minimum Gasteiger partial charge on any atom is -0.487 e. The van der Waals surface area contributed by atoms with Gasteiger partial charge in [0.15, 0.2) is 0 Å². The summed E-state index contributed by atoms with van der Waals surface area (Å²) in [6.07, 6.45) is 6.26. The van der Waals surface area contributed by atoms with Crippen molar-refractivity contribution >= 4 is 0 Å². The molecule has 0 N–H and O–H groups in total. The van der Waals surface area contributed by atoms with Crippen molar-refractivity contribution in [2.75, 3.05) is 0 Å². The van der Waals surface area contributed by atoms with Gasteiger partial charge in [-0.15, -0.1) is 0 Å². The van der Waals surface area contributed by atoms with Crippen LogP contribution in [0.1, 0.15) is 77.3 Å². The van der Waals surface area contributed by atoms with E-state index in [1.165, 1.54) is 43.2 Å². The first kappa shape index (κ1) is 14.9. The first-order valence-corrected chi connectivity index (χ1v) is 8.64. The molecule has 1 aromatic carbocycles. The minimum absolute atomic E-state index is 0.0202. The average Bonchev–Trinajstić information content (AvgIpc) is 2.53. The van der Waals surface area contributed by atoms with E-state index in [1.54, 1.807) is 0 Å². The van der Waals surface area contributed by atoms with Crippen molar-refractivity contribution in [3.05, 3.63) is 29.3 Å². The van der Waals surface area contributed by atoms with Crippen LogP contribution >= 0.6 is 0 Å². The van der Waals surface area contributed by atoms with Crippen LogP contribution in [-0.2, 0) is 6.42 Å². The molecule has 1 fully saturated rings. The topological polar surface area (TPSA) is 9.23 Å². The zero-order valence-electron chi connectivity index (χ0n) is 14.3. The predicted molar refractivity (Wildman–Crippen MR) is 89.0 cm³/mol. The molecule has 0 saturated heterocycles. The van der Waals surface area contributed by atoms with Gasteiger partial charge in [-0.1, -0.05) is 39.8 Å². The van der Waals surface area contributed by atoms with Gasteiger partial charge >= 0.3 is 0 Å². The Morgan fingerprint density at radius 3 is 2.62 bits per heavy atom. The molecule has 0 bridgehead atoms. The molecule has 21 heavy (non-hydrogen) atoms. The molecule has 1 nitrogen and oxygen atoms in total. The maximum Gasteiger partial charge on any atom is 0.123 e. The van der Waals surface area contributed by atoms with Crippen molar-refractivity contribution in [2.45, 2.75) is 78.2 Å². The monoisotopic (exact) mass is 286 g/mol. The third-order valence-electron chi connectivity index (χ3n) is 5.97. The number of hydrogen-bond acceptors (Lipinski definition) is 1. The minimum atomic E-state index is 0.0202. The molecule has 0 spiro atoms. The van der Waals surface area contributed by atoms with Crippen LogP contribution in [0.4, 0.5) is 0 Å². The van der Waals surface area contributed by atoms with Crippen LogP contribution in [-0.4, -0.2) is 5.60 Å². The van der Waals surface area contributed by atoms with Gasteiger partial charge in [0.1, 0.15) is 11.4 Å². The summed E-state index contributed by atoms with van der Waals surface area (Å²) < 4.78 is 6.62. The summed E-state index contributed by atoms with van der Waals surface area (Å²) >= 11 is 0. The summed E-state index contributed by atoms with van der Waals surface area (Å²) in [4.78, 5) is 0. The Balaban J connectivity index is 1.97. The Kier molecular flexibility index (Phi) is 3.58. The van der Waals surface area contributed by atoms with E-state index in [9.17, 15) is 0 Å². The number of hydrogen-bond donors (Lipinski definition) is 0. The first-order chi connectivity index (χ1) is 9.82. The molecular weight excluding hydrogens is 256 g/mol. The van der Waals surface area contributed by atoms with Crippen molar-refractivity contribution in [1.29, 1.82) is 0 Å². The molecule has 2 atom stereocenters. The van der Waals surface area contributed by atoms with E-state index < -0.39 is 0 Å². The second-order valence-electron chi connectivity index (χ2n) is 8.37. The van der Waals surface area contributed by atoms with Crippen LogP contribution in [0.25, 0.3) is 0 Å². The Morgan fingerprint density at radius 2 is 1.90 bits per heavy atom. The number of aryl methyl sites for hydroxylation is 1. The third-order valence-corrected chi connectivity index (χ3v) is 5.97. The van der Waals surface area contributed by atoms with Gasteiger partial charge in [0.05, 0.1) is 0 Å². The molecule has 2 aliphatic rings. The quantitative estimate of drug-likeness (QED) is 0.641. The highest BCUT2D eigenvalue weighted by atomic mass is 16.5.